The van der Waals surface area contributed by atoms with Gasteiger partial charge in [0.1, 0.15) is 0 Å². The van der Waals surface area contributed by atoms with Crippen molar-refractivity contribution in [1.29, 1.82) is 0 Å². The number of rotatable bonds is 0. The standard InChI is InChI=1S/C6H5.CH3.BrH.Mg/c1-2-4-6-5-3-1;;;/h1-5H;1H3;1H;/q2*-1;;+2/p-1. The Hall–Kier alpha value is 0.466. The molecule has 1 aromatic rings. The Morgan fingerprint density at radius 3 is 1.44 bits per heavy atom. The molecule has 0 radical (unpaired) electrons. The molecule has 0 aliphatic heterocycles. The quantitative estimate of drug-likeness (QED) is 0.352. The van der Waals surface area contributed by atoms with Crippen LogP contribution >= 0.6 is 0 Å². The van der Waals surface area contributed by atoms with Gasteiger partial charge < -0.3 is 24.4 Å². The molecule has 0 bridgehead atoms. The molecule has 9 heavy (non-hydrogen) atoms. The van der Waals surface area contributed by atoms with Crippen LogP contribution in [0.15, 0.2) is 30.3 Å². The van der Waals surface area contributed by atoms with Gasteiger partial charge in [0, 0.05) is 0 Å². The zero-order valence-electron chi connectivity index (χ0n) is 5.47. The van der Waals surface area contributed by atoms with Crippen LogP contribution in [0, 0.1) is 13.5 Å². The summed E-state index contributed by atoms with van der Waals surface area (Å²) in [6.45, 7) is 0. The molecule has 46 valence electrons. The maximum atomic E-state index is 2.89. The van der Waals surface area contributed by atoms with Crippen LogP contribution in [0.4, 0.5) is 0 Å². The maximum absolute atomic E-state index is 2.89. The van der Waals surface area contributed by atoms with Gasteiger partial charge in [-0.3, -0.25) is 0 Å². The van der Waals surface area contributed by atoms with E-state index >= 15 is 0 Å². The van der Waals surface area contributed by atoms with Crippen molar-refractivity contribution < 1.29 is 17.0 Å². The average Bonchev–Trinajstić information content (AvgIpc) is 1.72. The topological polar surface area (TPSA) is 0 Å². The van der Waals surface area contributed by atoms with E-state index < -0.39 is 0 Å². The first-order valence-corrected chi connectivity index (χ1v) is 1.91. The fraction of sp³-hybridized carbons (Fsp3) is 0. The molecule has 0 saturated heterocycles. The van der Waals surface area contributed by atoms with Gasteiger partial charge in [0.15, 0.2) is 0 Å². The summed E-state index contributed by atoms with van der Waals surface area (Å²) in [5.41, 5.74) is 0. The second kappa shape index (κ2) is 11.3. The molecule has 0 unspecified atom stereocenters. The first-order chi connectivity index (χ1) is 3.00. The summed E-state index contributed by atoms with van der Waals surface area (Å²) < 4.78 is 0. The molecule has 0 spiro atoms. The Kier molecular flexibility index (Phi) is 20.4. The molecule has 0 aromatic heterocycles. The third-order valence-corrected chi connectivity index (χ3v) is 0.607. The summed E-state index contributed by atoms with van der Waals surface area (Å²) >= 11 is 0. The average molecular weight is 196 g/mol. The predicted octanol–water partition coefficient (Wildman–Crippen LogP) is -1.44. The second-order valence-electron chi connectivity index (χ2n) is 1.08. The van der Waals surface area contributed by atoms with Crippen molar-refractivity contribution in [1.82, 2.24) is 0 Å². The molecule has 0 N–H and O–H groups in total. The Morgan fingerprint density at radius 2 is 1.33 bits per heavy atom. The molecule has 0 saturated carbocycles. The van der Waals surface area contributed by atoms with Gasteiger partial charge in [0.25, 0.3) is 0 Å². The molecule has 1 rings (SSSR count). The molecule has 0 aliphatic carbocycles. The number of hydrogen-bond acceptors (Lipinski definition) is 0. The van der Waals surface area contributed by atoms with E-state index in [1.165, 1.54) is 0 Å². The van der Waals surface area contributed by atoms with Crippen LogP contribution in [0.1, 0.15) is 0 Å². The van der Waals surface area contributed by atoms with Crippen LogP contribution in [-0.4, -0.2) is 23.1 Å². The Bertz CT molecular complexity index is 80.8. The summed E-state index contributed by atoms with van der Waals surface area (Å²) in [7, 11) is 0. The van der Waals surface area contributed by atoms with Crippen molar-refractivity contribution in [3.05, 3.63) is 43.8 Å². The van der Waals surface area contributed by atoms with Crippen molar-refractivity contribution >= 4 is 23.1 Å². The molecule has 0 fully saturated rings. The van der Waals surface area contributed by atoms with Crippen molar-refractivity contribution in [3.8, 4) is 0 Å². The van der Waals surface area contributed by atoms with Gasteiger partial charge in [-0.1, -0.05) is 0 Å². The van der Waals surface area contributed by atoms with E-state index in [-0.39, 0.29) is 47.5 Å². The van der Waals surface area contributed by atoms with E-state index in [1.807, 2.05) is 30.3 Å². The molecule has 0 atom stereocenters. The second-order valence-corrected chi connectivity index (χ2v) is 1.08. The smallest absolute Gasteiger partial charge is 1.00 e. The van der Waals surface area contributed by atoms with Crippen LogP contribution in [0.2, 0.25) is 0 Å². The van der Waals surface area contributed by atoms with Crippen LogP contribution in [0.25, 0.3) is 0 Å². The number of hydrogen-bond donors (Lipinski definition) is 0. The Balaban J connectivity index is -0.000000120. The SMILES string of the molecule is [Br-].[CH3-].[Mg+2].[c-]1ccccc1. The van der Waals surface area contributed by atoms with Gasteiger partial charge in [-0.2, -0.15) is 36.4 Å². The van der Waals surface area contributed by atoms with Gasteiger partial charge in [-0.15, -0.1) is 0 Å². The van der Waals surface area contributed by atoms with E-state index in [0.29, 0.717) is 0 Å². The minimum atomic E-state index is 0. The van der Waals surface area contributed by atoms with E-state index in [4.69, 9.17) is 0 Å². The summed E-state index contributed by atoms with van der Waals surface area (Å²) in [5.74, 6) is 0. The zero-order valence-corrected chi connectivity index (χ0v) is 8.47. The van der Waals surface area contributed by atoms with Gasteiger partial charge in [0.05, 0.1) is 0 Å². The fourth-order valence-electron chi connectivity index (χ4n) is 0.342. The summed E-state index contributed by atoms with van der Waals surface area (Å²) in [6, 6.07) is 12.5. The first-order valence-electron chi connectivity index (χ1n) is 1.91. The summed E-state index contributed by atoms with van der Waals surface area (Å²) in [4.78, 5) is 0. The number of halogens is 1. The van der Waals surface area contributed by atoms with Gasteiger partial charge >= 0.3 is 23.1 Å². The van der Waals surface area contributed by atoms with Crippen LogP contribution in [0.5, 0.6) is 0 Å². The number of benzene rings is 1. The molecular formula is C7H8BrMg-. The van der Waals surface area contributed by atoms with Crippen LogP contribution < -0.4 is 17.0 Å². The predicted molar refractivity (Wildman–Crippen MR) is 37.4 cm³/mol. The zero-order chi connectivity index (χ0) is 4.24. The molecule has 0 nitrogen and oxygen atoms in total. The third kappa shape index (κ3) is 8.47. The molecular weight excluding hydrogens is 188 g/mol. The van der Waals surface area contributed by atoms with Gasteiger partial charge in [-0.05, 0) is 0 Å². The van der Waals surface area contributed by atoms with Crippen molar-refractivity contribution in [2.75, 3.05) is 0 Å². The minimum absolute atomic E-state index is 0. The molecule has 1 aromatic carbocycles. The third-order valence-electron chi connectivity index (χ3n) is 0.607. The van der Waals surface area contributed by atoms with Gasteiger partial charge in [-0.25, -0.2) is 0 Å². The van der Waals surface area contributed by atoms with E-state index in [0.717, 1.165) is 0 Å². The maximum Gasteiger partial charge on any atom is 2.00 e. The minimum Gasteiger partial charge on any atom is -1.00 e. The molecule has 2 heteroatoms. The Morgan fingerprint density at radius 1 is 0.889 bits per heavy atom. The summed E-state index contributed by atoms with van der Waals surface area (Å²) in [5, 5.41) is 0. The van der Waals surface area contributed by atoms with Gasteiger partial charge in [0.2, 0.25) is 0 Å². The fourth-order valence-corrected chi connectivity index (χ4v) is 0.342. The van der Waals surface area contributed by atoms with Crippen LogP contribution in [0.3, 0.4) is 0 Å². The first kappa shape index (κ1) is 16.2. The molecule has 0 aliphatic rings. The van der Waals surface area contributed by atoms with E-state index in [2.05, 4.69) is 6.07 Å². The largest absolute Gasteiger partial charge is 2.00 e. The van der Waals surface area contributed by atoms with E-state index in [1.54, 1.807) is 0 Å². The van der Waals surface area contributed by atoms with E-state index in [9.17, 15) is 0 Å². The van der Waals surface area contributed by atoms with Crippen LogP contribution in [-0.2, 0) is 0 Å². The summed E-state index contributed by atoms with van der Waals surface area (Å²) in [6.07, 6.45) is 0. The molecule has 0 amide bonds. The van der Waals surface area contributed by atoms with Crippen molar-refractivity contribution in [2.24, 2.45) is 0 Å². The molecule has 0 heterocycles. The Labute approximate surface area is 83.6 Å². The normalized spacial score (nSPS) is 5.33. The monoisotopic (exact) mass is 195 g/mol. The van der Waals surface area contributed by atoms with Crippen molar-refractivity contribution in [2.45, 2.75) is 0 Å². The van der Waals surface area contributed by atoms with Crippen molar-refractivity contribution in [3.63, 3.8) is 0 Å².